The van der Waals surface area contributed by atoms with E-state index in [-0.39, 0.29) is 0 Å². The highest BCUT2D eigenvalue weighted by Crippen LogP contribution is 2.40. The third-order valence-electron chi connectivity index (χ3n) is 4.48. The van der Waals surface area contributed by atoms with Gasteiger partial charge in [0.15, 0.2) is 0 Å². The van der Waals surface area contributed by atoms with E-state index in [4.69, 9.17) is 10.5 Å². The molecule has 2 rings (SSSR count). The average molecular weight is 326 g/mol. The molecule has 1 saturated carbocycles. The van der Waals surface area contributed by atoms with Crippen LogP contribution in [-0.4, -0.2) is 13.2 Å². The number of hydrogen-bond donors (Lipinski definition) is 1. The predicted octanol–water partition coefficient (Wildman–Crippen LogP) is 4.37. The Balaban J connectivity index is 1.81. The Hall–Kier alpha value is -0.540. The molecule has 1 fully saturated rings. The first-order chi connectivity index (χ1) is 9.13. The molecule has 0 amide bonds. The molecule has 0 heterocycles. The van der Waals surface area contributed by atoms with Crippen LogP contribution in [0.5, 0.6) is 5.75 Å². The topological polar surface area (TPSA) is 35.2 Å². The van der Waals surface area contributed by atoms with Crippen molar-refractivity contribution in [2.24, 2.45) is 17.1 Å². The second kappa shape index (κ2) is 6.76. The third kappa shape index (κ3) is 4.22. The van der Waals surface area contributed by atoms with Gasteiger partial charge in [0.05, 0.1) is 6.61 Å². The van der Waals surface area contributed by atoms with Crippen molar-refractivity contribution < 1.29 is 4.74 Å². The first-order valence-corrected chi connectivity index (χ1v) is 8.01. The van der Waals surface area contributed by atoms with Crippen molar-refractivity contribution in [2.45, 2.75) is 39.0 Å². The number of halogens is 1. The largest absolute Gasteiger partial charge is 0.494 e. The molecule has 2 N–H and O–H groups in total. The summed E-state index contributed by atoms with van der Waals surface area (Å²) in [6.07, 6.45) is 6.22. The molecule has 106 valence electrons. The summed E-state index contributed by atoms with van der Waals surface area (Å²) >= 11 is 3.43. The van der Waals surface area contributed by atoms with Crippen LogP contribution in [0.3, 0.4) is 0 Å². The maximum atomic E-state index is 6.02. The lowest BCUT2D eigenvalue weighted by Gasteiger charge is -2.38. The van der Waals surface area contributed by atoms with Crippen LogP contribution in [0.15, 0.2) is 28.7 Å². The van der Waals surface area contributed by atoms with E-state index in [9.17, 15) is 0 Å². The maximum Gasteiger partial charge on any atom is 0.119 e. The number of hydrogen-bond acceptors (Lipinski definition) is 2. The van der Waals surface area contributed by atoms with Gasteiger partial charge in [-0.25, -0.2) is 0 Å². The first kappa shape index (κ1) is 14.9. The molecule has 1 aliphatic rings. The van der Waals surface area contributed by atoms with Gasteiger partial charge in [-0.15, -0.1) is 0 Å². The van der Waals surface area contributed by atoms with E-state index >= 15 is 0 Å². The van der Waals surface area contributed by atoms with E-state index in [1.807, 2.05) is 24.3 Å². The Labute approximate surface area is 124 Å². The number of ether oxygens (including phenoxy) is 1. The molecule has 1 aliphatic carbocycles. The zero-order valence-corrected chi connectivity index (χ0v) is 13.3. The number of nitrogens with two attached hydrogens (primary N) is 1. The van der Waals surface area contributed by atoms with Crippen LogP contribution in [0.4, 0.5) is 0 Å². The van der Waals surface area contributed by atoms with Crippen LogP contribution in [0.2, 0.25) is 0 Å². The minimum Gasteiger partial charge on any atom is -0.494 e. The summed E-state index contributed by atoms with van der Waals surface area (Å²) in [4.78, 5) is 0. The molecule has 0 radical (unpaired) electrons. The van der Waals surface area contributed by atoms with Crippen molar-refractivity contribution in [1.29, 1.82) is 0 Å². The van der Waals surface area contributed by atoms with Crippen LogP contribution in [0.25, 0.3) is 0 Å². The Morgan fingerprint density at radius 1 is 1.26 bits per heavy atom. The monoisotopic (exact) mass is 325 g/mol. The second-order valence-corrected chi connectivity index (χ2v) is 6.85. The predicted molar refractivity (Wildman–Crippen MR) is 83.4 cm³/mol. The lowest BCUT2D eigenvalue weighted by molar-refractivity contribution is 0.123. The standard InChI is InChI=1S/C16H24BrNO/c1-13-6-8-16(12-18,9-7-13)10-11-19-15-4-2-14(17)3-5-15/h2-5,13H,6-12,18H2,1H3. The number of benzene rings is 1. The fourth-order valence-electron chi connectivity index (χ4n) is 2.85. The summed E-state index contributed by atoms with van der Waals surface area (Å²) in [6, 6.07) is 8.02. The van der Waals surface area contributed by atoms with E-state index in [1.165, 1.54) is 25.7 Å². The average Bonchev–Trinajstić information content (AvgIpc) is 2.44. The van der Waals surface area contributed by atoms with Gasteiger partial charge in [0.2, 0.25) is 0 Å². The third-order valence-corrected chi connectivity index (χ3v) is 5.01. The molecule has 19 heavy (non-hydrogen) atoms. The summed E-state index contributed by atoms with van der Waals surface area (Å²) in [6.45, 7) is 3.91. The van der Waals surface area contributed by atoms with E-state index in [2.05, 4.69) is 22.9 Å². The zero-order chi connectivity index (χ0) is 13.7. The molecule has 0 unspecified atom stereocenters. The fraction of sp³-hybridized carbons (Fsp3) is 0.625. The first-order valence-electron chi connectivity index (χ1n) is 7.22. The SMILES string of the molecule is CC1CCC(CN)(CCOc2ccc(Br)cc2)CC1. The highest BCUT2D eigenvalue weighted by molar-refractivity contribution is 9.10. The fourth-order valence-corrected chi connectivity index (χ4v) is 3.11. The molecule has 0 aliphatic heterocycles. The van der Waals surface area contributed by atoms with Gasteiger partial charge in [0.25, 0.3) is 0 Å². The summed E-state index contributed by atoms with van der Waals surface area (Å²) in [5.41, 5.74) is 6.34. The Morgan fingerprint density at radius 2 is 1.89 bits per heavy atom. The second-order valence-electron chi connectivity index (χ2n) is 5.94. The van der Waals surface area contributed by atoms with Crippen LogP contribution < -0.4 is 10.5 Å². The van der Waals surface area contributed by atoms with E-state index in [0.29, 0.717) is 5.41 Å². The molecule has 1 aromatic rings. The molecule has 3 heteroatoms. The quantitative estimate of drug-likeness (QED) is 0.872. The van der Waals surface area contributed by atoms with Crippen LogP contribution in [-0.2, 0) is 0 Å². The van der Waals surface area contributed by atoms with Crippen molar-refractivity contribution in [3.8, 4) is 5.75 Å². The van der Waals surface area contributed by atoms with Gasteiger partial charge in [-0.05, 0) is 61.4 Å². The summed E-state index contributed by atoms with van der Waals surface area (Å²) in [5, 5.41) is 0. The van der Waals surface area contributed by atoms with Gasteiger partial charge in [-0.2, -0.15) is 0 Å². The van der Waals surface area contributed by atoms with Gasteiger partial charge in [0, 0.05) is 4.47 Å². The molecule has 1 aromatic carbocycles. The summed E-state index contributed by atoms with van der Waals surface area (Å²) < 4.78 is 6.92. The number of rotatable bonds is 5. The summed E-state index contributed by atoms with van der Waals surface area (Å²) in [5.74, 6) is 1.81. The molecular formula is C16H24BrNO. The minimum atomic E-state index is 0.321. The van der Waals surface area contributed by atoms with Crippen molar-refractivity contribution in [2.75, 3.05) is 13.2 Å². The lowest BCUT2D eigenvalue weighted by atomic mass is 9.69. The smallest absolute Gasteiger partial charge is 0.119 e. The Morgan fingerprint density at radius 3 is 2.47 bits per heavy atom. The zero-order valence-electron chi connectivity index (χ0n) is 11.7. The van der Waals surface area contributed by atoms with Gasteiger partial charge in [0.1, 0.15) is 5.75 Å². The minimum absolute atomic E-state index is 0.321. The molecule has 0 aromatic heterocycles. The Bertz CT molecular complexity index is 382. The van der Waals surface area contributed by atoms with Crippen LogP contribution in [0.1, 0.15) is 39.0 Å². The molecule has 0 spiro atoms. The lowest BCUT2D eigenvalue weighted by Crippen LogP contribution is -2.35. The van der Waals surface area contributed by atoms with Gasteiger partial charge >= 0.3 is 0 Å². The van der Waals surface area contributed by atoms with Gasteiger partial charge < -0.3 is 10.5 Å². The van der Waals surface area contributed by atoms with Crippen LogP contribution in [0, 0.1) is 11.3 Å². The molecular weight excluding hydrogens is 302 g/mol. The van der Waals surface area contributed by atoms with Crippen molar-refractivity contribution in [3.63, 3.8) is 0 Å². The van der Waals surface area contributed by atoms with Crippen molar-refractivity contribution in [3.05, 3.63) is 28.7 Å². The Kier molecular flexibility index (Phi) is 5.28. The highest BCUT2D eigenvalue weighted by Gasteiger charge is 2.32. The van der Waals surface area contributed by atoms with E-state index in [1.54, 1.807) is 0 Å². The van der Waals surface area contributed by atoms with Gasteiger partial charge in [-0.3, -0.25) is 0 Å². The maximum absolute atomic E-state index is 6.02. The van der Waals surface area contributed by atoms with Crippen LogP contribution >= 0.6 is 15.9 Å². The van der Waals surface area contributed by atoms with E-state index in [0.717, 1.165) is 35.7 Å². The molecule has 0 bridgehead atoms. The van der Waals surface area contributed by atoms with Crippen molar-refractivity contribution >= 4 is 15.9 Å². The highest BCUT2D eigenvalue weighted by atomic mass is 79.9. The van der Waals surface area contributed by atoms with E-state index < -0.39 is 0 Å². The molecule has 0 atom stereocenters. The molecule has 0 saturated heterocycles. The van der Waals surface area contributed by atoms with Crippen molar-refractivity contribution in [1.82, 2.24) is 0 Å². The summed E-state index contributed by atoms with van der Waals surface area (Å²) in [7, 11) is 0. The van der Waals surface area contributed by atoms with Gasteiger partial charge in [-0.1, -0.05) is 35.7 Å². The molecule has 2 nitrogen and oxygen atoms in total. The normalized spacial score (nSPS) is 27.2.